The van der Waals surface area contributed by atoms with E-state index in [0.717, 1.165) is 22.5 Å². The monoisotopic (exact) mass is 446 g/mol. The smallest absolute Gasteiger partial charge is 0.257 e. The number of carbonyl (C=O) groups is 1. The van der Waals surface area contributed by atoms with Gasteiger partial charge in [0, 0.05) is 38.2 Å². The summed E-state index contributed by atoms with van der Waals surface area (Å²) in [6, 6.07) is 15.2. The molecule has 4 aromatic rings. The molecule has 1 atom stereocenters. The average Bonchev–Trinajstić information content (AvgIpc) is 3.27. The van der Waals surface area contributed by atoms with Gasteiger partial charge < -0.3 is 19.3 Å². The molecule has 0 saturated carbocycles. The van der Waals surface area contributed by atoms with E-state index in [1.165, 1.54) is 0 Å². The highest BCUT2D eigenvalue weighted by atomic mass is 16.5. The predicted molar refractivity (Wildman–Crippen MR) is 125 cm³/mol. The molecular formula is C24H26N6O3. The van der Waals surface area contributed by atoms with E-state index in [-0.39, 0.29) is 11.9 Å². The number of anilines is 1. The highest BCUT2D eigenvalue weighted by molar-refractivity contribution is 5.97. The molecule has 1 saturated heterocycles. The SMILES string of the molecule is COCc1nnc2c3ccccc3nc(N3CCN(C(=O)c4ccccc4OC)[C@@H](C)C3)n12. The lowest BCUT2D eigenvalue weighted by Gasteiger charge is -2.40. The van der Waals surface area contributed by atoms with Crippen molar-refractivity contribution in [3.8, 4) is 5.75 Å². The first-order valence-electron chi connectivity index (χ1n) is 10.9. The van der Waals surface area contributed by atoms with Gasteiger partial charge in [-0.2, -0.15) is 0 Å². The number of piperazine rings is 1. The third-order valence-corrected chi connectivity index (χ3v) is 6.08. The Morgan fingerprint density at radius 3 is 2.64 bits per heavy atom. The average molecular weight is 447 g/mol. The lowest BCUT2D eigenvalue weighted by molar-refractivity contribution is 0.0669. The minimum atomic E-state index is -0.0272. The van der Waals surface area contributed by atoms with Crippen molar-refractivity contribution in [3.63, 3.8) is 0 Å². The van der Waals surface area contributed by atoms with Gasteiger partial charge in [-0.3, -0.25) is 4.79 Å². The fourth-order valence-electron chi connectivity index (χ4n) is 4.47. The number of methoxy groups -OCH3 is 2. The van der Waals surface area contributed by atoms with Crippen molar-refractivity contribution in [2.24, 2.45) is 0 Å². The number of nitrogens with zero attached hydrogens (tertiary/aromatic N) is 6. The first-order valence-corrected chi connectivity index (χ1v) is 10.9. The maximum absolute atomic E-state index is 13.3. The number of hydrogen-bond donors (Lipinski definition) is 0. The molecule has 1 fully saturated rings. The van der Waals surface area contributed by atoms with Gasteiger partial charge in [0.05, 0.1) is 18.2 Å². The van der Waals surface area contributed by atoms with Gasteiger partial charge in [-0.05, 0) is 31.2 Å². The summed E-state index contributed by atoms with van der Waals surface area (Å²) in [5.74, 6) is 2.02. The summed E-state index contributed by atoms with van der Waals surface area (Å²) < 4.78 is 12.7. The molecule has 2 aromatic carbocycles. The van der Waals surface area contributed by atoms with Crippen LogP contribution in [0.4, 0.5) is 5.95 Å². The van der Waals surface area contributed by atoms with Crippen molar-refractivity contribution in [1.29, 1.82) is 0 Å². The Labute approximate surface area is 191 Å². The quantitative estimate of drug-likeness (QED) is 0.466. The third-order valence-electron chi connectivity index (χ3n) is 6.08. The van der Waals surface area contributed by atoms with Crippen LogP contribution in [-0.4, -0.2) is 70.3 Å². The van der Waals surface area contributed by atoms with Gasteiger partial charge in [0.2, 0.25) is 5.95 Å². The number of rotatable bonds is 5. The summed E-state index contributed by atoms with van der Waals surface area (Å²) in [6.07, 6.45) is 0. The van der Waals surface area contributed by atoms with E-state index >= 15 is 0 Å². The molecule has 0 aliphatic carbocycles. The van der Waals surface area contributed by atoms with Gasteiger partial charge in [0.15, 0.2) is 11.5 Å². The number of ether oxygens (including phenoxy) is 2. The van der Waals surface area contributed by atoms with Gasteiger partial charge in [-0.25, -0.2) is 9.38 Å². The minimum absolute atomic E-state index is 0.0261. The maximum Gasteiger partial charge on any atom is 0.257 e. The van der Waals surface area contributed by atoms with Crippen LogP contribution in [0, 0.1) is 0 Å². The fraction of sp³-hybridized carbons (Fsp3) is 0.333. The molecule has 0 bridgehead atoms. The second-order valence-corrected chi connectivity index (χ2v) is 8.13. The molecular weight excluding hydrogens is 420 g/mol. The molecule has 1 amide bonds. The highest BCUT2D eigenvalue weighted by Crippen LogP contribution is 2.27. The zero-order valence-corrected chi connectivity index (χ0v) is 18.9. The molecule has 0 spiro atoms. The number of benzene rings is 2. The summed E-state index contributed by atoms with van der Waals surface area (Å²) in [6.45, 7) is 4.22. The van der Waals surface area contributed by atoms with Gasteiger partial charge in [-0.15, -0.1) is 10.2 Å². The van der Waals surface area contributed by atoms with Crippen molar-refractivity contribution in [1.82, 2.24) is 24.5 Å². The van der Waals surface area contributed by atoms with Crippen molar-refractivity contribution >= 4 is 28.4 Å². The molecule has 9 nitrogen and oxygen atoms in total. The first kappa shape index (κ1) is 21.1. The van der Waals surface area contributed by atoms with Crippen molar-refractivity contribution < 1.29 is 14.3 Å². The molecule has 170 valence electrons. The van der Waals surface area contributed by atoms with Crippen molar-refractivity contribution in [2.75, 3.05) is 38.8 Å². The van der Waals surface area contributed by atoms with E-state index in [1.807, 2.05) is 57.8 Å². The highest BCUT2D eigenvalue weighted by Gasteiger charge is 2.31. The van der Waals surface area contributed by atoms with Crippen molar-refractivity contribution in [3.05, 3.63) is 59.9 Å². The molecule has 1 aliphatic rings. The minimum Gasteiger partial charge on any atom is -0.496 e. The van der Waals surface area contributed by atoms with Crippen LogP contribution in [0.1, 0.15) is 23.1 Å². The number of fused-ring (bicyclic) bond motifs is 3. The van der Waals surface area contributed by atoms with E-state index in [1.54, 1.807) is 14.2 Å². The number of amides is 1. The maximum atomic E-state index is 13.3. The number of carbonyl (C=O) groups excluding carboxylic acids is 1. The number of hydrogen-bond acceptors (Lipinski definition) is 7. The molecule has 5 rings (SSSR count). The van der Waals surface area contributed by atoms with Crippen molar-refractivity contribution in [2.45, 2.75) is 19.6 Å². The van der Waals surface area contributed by atoms with Crippen LogP contribution in [-0.2, 0) is 11.3 Å². The second-order valence-electron chi connectivity index (χ2n) is 8.13. The van der Waals surface area contributed by atoms with Crippen LogP contribution in [0.25, 0.3) is 16.6 Å². The molecule has 2 aromatic heterocycles. The second kappa shape index (κ2) is 8.67. The van der Waals surface area contributed by atoms with Gasteiger partial charge in [-0.1, -0.05) is 24.3 Å². The lowest BCUT2D eigenvalue weighted by atomic mass is 10.1. The Morgan fingerprint density at radius 1 is 1.06 bits per heavy atom. The molecule has 0 radical (unpaired) electrons. The number of para-hydroxylation sites is 2. The Kier molecular flexibility index (Phi) is 5.55. The van der Waals surface area contributed by atoms with Crippen LogP contribution in [0.5, 0.6) is 5.75 Å². The molecule has 9 heteroatoms. The van der Waals surface area contributed by atoms with Crippen LogP contribution in [0.15, 0.2) is 48.5 Å². The topological polar surface area (TPSA) is 85.1 Å². The zero-order valence-electron chi connectivity index (χ0n) is 18.9. The lowest BCUT2D eigenvalue weighted by Crippen LogP contribution is -2.54. The predicted octanol–water partition coefficient (Wildman–Crippen LogP) is 2.78. The van der Waals surface area contributed by atoms with E-state index in [4.69, 9.17) is 14.5 Å². The summed E-state index contributed by atoms with van der Waals surface area (Å²) in [4.78, 5) is 22.3. The van der Waals surface area contributed by atoms with E-state index in [2.05, 4.69) is 22.0 Å². The standard InChI is InChI=1S/C24H26N6O3/c1-16-14-28(12-13-29(16)23(31)18-9-5-7-11-20(18)33-3)24-25-19-10-6-4-8-17(19)22-27-26-21(15-32-2)30(22)24/h4-11,16H,12-15H2,1-3H3/t16-/m0/s1. The zero-order chi connectivity index (χ0) is 22.9. The van der Waals surface area contributed by atoms with E-state index in [0.29, 0.717) is 43.4 Å². The molecule has 0 N–H and O–H groups in total. The molecule has 1 aliphatic heterocycles. The fourth-order valence-corrected chi connectivity index (χ4v) is 4.47. The Morgan fingerprint density at radius 2 is 1.85 bits per heavy atom. The molecule has 0 unspecified atom stereocenters. The Hall–Kier alpha value is -3.72. The largest absolute Gasteiger partial charge is 0.496 e. The van der Waals surface area contributed by atoms with Crippen LogP contribution in [0.3, 0.4) is 0 Å². The first-order chi connectivity index (χ1) is 16.1. The van der Waals surface area contributed by atoms with Gasteiger partial charge in [0.1, 0.15) is 12.4 Å². The third kappa shape index (κ3) is 3.64. The van der Waals surface area contributed by atoms with Gasteiger partial charge >= 0.3 is 0 Å². The summed E-state index contributed by atoms with van der Waals surface area (Å²) in [5.41, 5.74) is 2.19. The van der Waals surface area contributed by atoms with Crippen LogP contribution >= 0.6 is 0 Å². The summed E-state index contributed by atoms with van der Waals surface area (Å²) in [5, 5.41) is 9.72. The van der Waals surface area contributed by atoms with E-state index < -0.39 is 0 Å². The Bertz CT molecular complexity index is 1320. The van der Waals surface area contributed by atoms with Gasteiger partial charge in [0.25, 0.3) is 5.91 Å². The normalized spacial score (nSPS) is 16.5. The number of aromatic nitrogens is 4. The van der Waals surface area contributed by atoms with E-state index in [9.17, 15) is 4.79 Å². The molecule has 3 heterocycles. The Balaban J connectivity index is 1.49. The van der Waals surface area contributed by atoms with Crippen LogP contribution < -0.4 is 9.64 Å². The van der Waals surface area contributed by atoms with Crippen LogP contribution in [0.2, 0.25) is 0 Å². The summed E-state index contributed by atoms with van der Waals surface area (Å²) >= 11 is 0. The summed E-state index contributed by atoms with van der Waals surface area (Å²) in [7, 11) is 3.22. The molecule has 33 heavy (non-hydrogen) atoms.